The fourth-order valence-corrected chi connectivity index (χ4v) is 0.827. The fraction of sp³-hybridized carbons (Fsp3) is 0.875. The lowest BCUT2D eigenvalue weighted by molar-refractivity contribution is -0.139. The highest BCUT2D eigenvalue weighted by molar-refractivity contribution is 5.73. The molecule has 0 aromatic rings. The Morgan fingerprint density at radius 2 is 2.09 bits per heavy atom. The Morgan fingerprint density at radius 3 is 2.36 bits per heavy atom. The van der Waals surface area contributed by atoms with Crippen LogP contribution >= 0.6 is 0 Å². The standard InChI is InChI=1S/C8H17NO2/c1-4-8(2,3)5-6(9)7(10)11/h6H,4-5,9H2,1-3H3,(H,10,11)/t6-/m0/s1. The van der Waals surface area contributed by atoms with Gasteiger partial charge >= 0.3 is 5.97 Å². The minimum absolute atomic E-state index is 0.0395. The molecule has 11 heavy (non-hydrogen) atoms. The highest BCUT2D eigenvalue weighted by Crippen LogP contribution is 2.25. The minimum Gasteiger partial charge on any atom is -0.480 e. The molecule has 0 aromatic carbocycles. The summed E-state index contributed by atoms with van der Waals surface area (Å²) in [6, 6.07) is -0.718. The molecular weight excluding hydrogens is 142 g/mol. The van der Waals surface area contributed by atoms with E-state index < -0.39 is 12.0 Å². The zero-order valence-corrected chi connectivity index (χ0v) is 7.42. The Morgan fingerprint density at radius 1 is 1.64 bits per heavy atom. The van der Waals surface area contributed by atoms with Crippen molar-refractivity contribution in [2.45, 2.75) is 39.7 Å². The Labute approximate surface area is 67.6 Å². The maximum atomic E-state index is 10.4. The topological polar surface area (TPSA) is 63.3 Å². The summed E-state index contributed by atoms with van der Waals surface area (Å²) in [5, 5.41) is 8.52. The van der Waals surface area contributed by atoms with Gasteiger partial charge in [0.2, 0.25) is 0 Å². The molecule has 3 heteroatoms. The third kappa shape index (κ3) is 3.98. The molecule has 0 aromatic heterocycles. The second-order valence-corrected chi connectivity index (χ2v) is 3.67. The zero-order valence-electron chi connectivity index (χ0n) is 7.42. The van der Waals surface area contributed by atoms with E-state index in [-0.39, 0.29) is 5.41 Å². The van der Waals surface area contributed by atoms with E-state index in [9.17, 15) is 4.79 Å². The van der Waals surface area contributed by atoms with Crippen molar-refractivity contribution >= 4 is 5.97 Å². The zero-order chi connectivity index (χ0) is 9.07. The van der Waals surface area contributed by atoms with Crippen LogP contribution in [0, 0.1) is 5.41 Å². The molecule has 0 heterocycles. The summed E-state index contributed by atoms with van der Waals surface area (Å²) in [6.45, 7) is 6.08. The summed E-state index contributed by atoms with van der Waals surface area (Å²) < 4.78 is 0. The van der Waals surface area contributed by atoms with Gasteiger partial charge in [-0.25, -0.2) is 0 Å². The van der Waals surface area contributed by atoms with E-state index in [1.165, 1.54) is 0 Å². The summed E-state index contributed by atoms with van der Waals surface area (Å²) in [5.74, 6) is -0.911. The third-order valence-electron chi connectivity index (χ3n) is 2.05. The lowest BCUT2D eigenvalue weighted by Gasteiger charge is -2.24. The number of carboxylic acid groups (broad SMARTS) is 1. The van der Waals surface area contributed by atoms with Gasteiger partial charge in [0.15, 0.2) is 0 Å². The first-order valence-electron chi connectivity index (χ1n) is 3.87. The van der Waals surface area contributed by atoms with E-state index in [0.717, 1.165) is 6.42 Å². The summed E-state index contributed by atoms with van der Waals surface area (Å²) in [6.07, 6.45) is 1.49. The molecule has 3 nitrogen and oxygen atoms in total. The van der Waals surface area contributed by atoms with E-state index in [1.54, 1.807) is 0 Å². The van der Waals surface area contributed by atoms with Crippen LogP contribution in [0.4, 0.5) is 0 Å². The number of nitrogens with two attached hydrogens (primary N) is 1. The summed E-state index contributed by atoms with van der Waals surface area (Å²) in [5.41, 5.74) is 5.42. The van der Waals surface area contributed by atoms with Crippen molar-refractivity contribution in [3.05, 3.63) is 0 Å². The van der Waals surface area contributed by atoms with Crippen molar-refractivity contribution in [2.75, 3.05) is 0 Å². The SMILES string of the molecule is CCC(C)(C)C[C@H](N)C(=O)O. The van der Waals surface area contributed by atoms with Gasteiger partial charge in [-0.2, -0.15) is 0 Å². The van der Waals surface area contributed by atoms with Gasteiger partial charge in [-0.3, -0.25) is 4.79 Å². The van der Waals surface area contributed by atoms with Gasteiger partial charge in [-0.05, 0) is 11.8 Å². The second-order valence-electron chi connectivity index (χ2n) is 3.67. The third-order valence-corrected chi connectivity index (χ3v) is 2.05. The number of carboxylic acids is 1. The number of hydrogen-bond acceptors (Lipinski definition) is 2. The molecule has 0 rings (SSSR count). The predicted molar refractivity (Wildman–Crippen MR) is 44.3 cm³/mol. The first kappa shape index (κ1) is 10.4. The Kier molecular flexibility index (Phi) is 3.52. The molecular formula is C8H17NO2. The van der Waals surface area contributed by atoms with Crippen LogP contribution in [0.3, 0.4) is 0 Å². The quantitative estimate of drug-likeness (QED) is 0.648. The maximum Gasteiger partial charge on any atom is 0.320 e. The highest BCUT2D eigenvalue weighted by Gasteiger charge is 2.22. The molecule has 0 aliphatic heterocycles. The van der Waals surface area contributed by atoms with Gasteiger partial charge in [-0.1, -0.05) is 27.2 Å². The fourth-order valence-electron chi connectivity index (χ4n) is 0.827. The molecule has 0 saturated heterocycles. The van der Waals surface area contributed by atoms with Gasteiger partial charge in [0.25, 0.3) is 0 Å². The van der Waals surface area contributed by atoms with Gasteiger partial charge in [0.1, 0.15) is 6.04 Å². The number of hydrogen-bond donors (Lipinski definition) is 2. The summed E-state index contributed by atoms with van der Waals surface area (Å²) in [4.78, 5) is 10.4. The summed E-state index contributed by atoms with van der Waals surface area (Å²) in [7, 11) is 0. The van der Waals surface area contributed by atoms with Crippen LogP contribution in [-0.2, 0) is 4.79 Å². The monoisotopic (exact) mass is 159 g/mol. The van der Waals surface area contributed by atoms with Crippen molar-refractivity contribution in [1.29, 1.82) is 0 Å². The molecule has 0 saturated carbocycles. The van der Waals surface area contributed by atoms with Crippen LogP contribution in [0.2, 0.25) is 0 Å². The highest BCUT2D eigenvalue weighted by atomic mass is 16.4. The van der Waals surface area contributed by atoms with Crippen LogP contribution in [0.1, 0.15) is 33.6 Å². The summed E-state index contributed by atoms with van der Waals surface area (Å²) >= 11 is 0. The van der Waals surface area contributed by atoms with Crippen molar-refractivity contribution in [3.8, 4) is 0 Å². The number of carbonyl (C=O) groups is 1. The second kappa shape index (κ2) is 3.72. The normalized spacial score (nSPS) is 14.5. The van der Waals surface area contributed by atoms with Crippen LogP contribution in [0.15, 0.2) is 0 Å². The van der Waals surface area contributed by atoms with Crippen molar-refractivity contribution in [1.82, 2.24) is 0 Å². The molecule has 0 aliphatic rings. The number of rotatable bonds is 4. The largest absolute Gasteiger partial charge is 0.480 e. The Hall–Kier alpha value is -0.570. The minimum atomic E-state index is -0.911. The molecule has 1 atom stereocenters. The average Bonchev–Trinajstić information content (AvgIpc) is 1.87. The molecule has 3 N–H and O–H groups in total. The lowest BCUT2D eigenvalue weighted by atomic mass is 9.83. The predicted octanol–water partition coefficient (Wildman–Crippen LogP) is 1.22. The van der Waals surface area contributed by atoms with Crippen LogP contribution in [0.5, 0.6) is 0 Å². The van der Waals surface area contributed by atoms with E-state index in [4.69, 9.17) is 10.8 Å². The van der Waals surface area contributed by atoms with E-state index in [2.05, 4.69) is 0 Å². The lowest BCUT2D eigenvalue weighted by Crippen LogP contribution is -2.34. The van der Waals surface area contributed by atoms with Gasteiger partial charge in [0.05, 0.1) is 0 Å². The molecule has 66 valence electrons. The Bertz CT molecular complexity index is 143. The first-order valence-corrected chi connectivity index (χ1v) is 3.87. The first-order chi connectivity index (χ1) is 4.89. The van der Waals surface area contributed by atoms with E-state index >= 15 is 0 Å². The molecule has 0 aliphatic carbocycles. The molecule has 0 radical (unpaired) electrons. The van der Waals surface area contributed by atoms with Gasteiger partial charge < -0.3 is 10.8 Å². The van der Waals surface area contributed by atoms with Gasteiger partial charge in [-0.15, -0.1) is 0 Å². The van der Waals surface area contributed by atoms with Crippen molar-refractivity contribution in [3.63, 3.8) is 0 Å². The molecule has 0 amide bonds. The molecule has 0 bridgehead atoms. The average molecular weight is 159 g/mol. The van der Waals surface area contributed by atoms with Crippen molar-refractivity contribution < 1.29 is 9.90 Å². The van der Waals surface area contributed by atoms with Crippen LogP contribution < -0.4 is 5.73 Å². The number of aliphatic carboxylic acids is 1. The Balaban J connectivity index is 3.93. The van der Waals surface area contributed by atoms with E-state index in [1.807, 2.05) is 20.8 Å². The molecule has 0 fully saturated rings. The van der Waals surface area contributed by atoms with Gasteiger partial charge in [0, 0.05) is 0 Å². The molecule has 0 unspecified atom stereocenters. The van der Waals surface area contributed by atoms with Crippen LogP contribution in [-0.4, -0.2) is 17.1 Å². The van der Waals surface area contributed by atoms with Crippen LogP contribution in [0.25, 0.3) is 0 Å². The smallest absolute Gasteiger partial charge is 0.320 e. The van der Waals surface area contributed by atoms with Crippen molar-refractivity contribution in [2.24, 2.45) is 11.1 Å². The van der Waals surface area contributed by atoms with E-state index in [0.29, 0.717) is 6.42 Å². The maximum absolute atomic E-state index is 10.4. The molecule has 0 spiro atoms.